The molecule has 0 aliphatic carbocycles. The van der Waals surface area contributed by atoms with Crippen molar-refractivity contribution in [1.82, 2.24) is 25.5 Å². The van der Waals surface area contributed by atoms with Crippen LogP contribution >= 0.6 is 0 Å². The Hall–Kier alpha value is -3.09. The molecule has 1 amide bonds. The SMILES string of the molecule is Cc1ccccc1-c1nnn(CC(=O)NCc2ccccc2F)n1. The highest BCUT2D eigenvalue weighted by Crippen LogP contribution is 2.17. The van der Waals surface area contributed by atoms with Crippen molar-refractivity contribution < 1.29 is 9.18 Å². The molecule has 0 unspecified atom stereocenters. The molecule has 0 spiro atoms. The Kier molecular flexibility index (Phi) is 4.60. The van der Waals surface area contributed by atoms with Gasteiger partial charge in [-0.1, -0.05) is 42.5 Å². The summed E-state index contributed by atoms with van der Waals surface area (Å²) in [6.07, 6.45) is 0. The Morgan fingerprint density at radius 1 is 1.17 bits per heavy atom. The largest absolute Gasteiger partial charge is 0.350 e. The van der Waals surface area contributed by atoms with Gasteiger partial charge in [0.1, 0.15) is 12.4 Å². The van der Waals surface area contributed by atoms with Gasteiger partial charge in [0.25, 0.3) is 0 Å². The third kappa shape index (κ3) is 3.62. The average molecular weight is 325 g/mol. The Morgan fingerprint density at radius 2 is 1.92 bits per heavy atom. The van der Waals surface area contributed by atoms with Crippen molar-refractivity contribution in [2.24, 2.45) is 0 Å². The molecule has 3 aromatic rings. The molecule has 0 aliphatic rings. The summed E-state index contributed by atoms with van der Waals surface area (Å²) in [4.78, 5) is 13.2. The monoisotopic (exact) mass is 325 g/mol. The van der Waals surface area contributed by atoms with Gasteiger partial charge in [-0.15, -0.1) is 10.2 Å². The first kappa shape index (κ1) is 15.8. The maximum Gasteiger partial charge on any atom is 0.243 e. The van der Waals surface area contributed by atoms with Crippen LogP contribution in [0.2, 0.25) is 0 Å². The summed E-state index contributed by atoms with van der Waals surface area (Å²) in [5, 5.41) is 14.7. The maximum atomic E-state index is 13.5. The number of halogens is 1. The molecule has 0 aliphatic heterocycles. The summed E-state index contributed by atoms with van der Waals surface area (Å²) in [5.74, 6) is -0.194. The van der Waals surface area contributed by atoms with E-state index in [0.717, 1.165) is 11.1 Å². The van der Waals surface area contributed by atoms with E-state index in [9.17, 15) is 9.18 Å². The number of carbonyl (C=O) groups is 1. The summed E-state index contributed by atoms with van der Waals surface area (Å²) in [7, 11) is 0. The van der Waals surface area contributed by atoms with E-state index in [1.165, 1.54) is 10.9 Å². The van der Waals surface area contributed by atoms with Crippen LogP contribution in [0.5, 0.6) is 0 Å². The fraction of sp³-hybridized carbons (Fsp3) is 0.176. The molecule has 24 heavy (non-hydrogen) atoms. The number of nitrogens with one attached hydrogen (secondary N) is 1. The second kappa shape index (κ2) is 6.99. The molecule has 122 valence electrons. The van der Waals surface area contributed by atoms with Gasteiger partial charge in [0.05, 0.1) is 0 Å². The van der Waals surface area contributed by atoms with Gasteiger partial charge in [0.15, 0.2) is 0 Å². The van der Waals surface area contributed by atoms with Gasteiger partial charge in [0, 0.05) is 17.7 Å². The zero-order valence-electron chi connectivity index (χ0n) is 13.1. The van der Waals surface area contributed by atoms with E-state index in [4.69, 9.17) is 0 Å². The van der Waals surface area contributed by atoms with E-state index in [1.807, 2.05) is 31.2 Å². The fourth-order valence-corrected chi connectivity index (χ4v) is 2.26. The molecule has 7 heteroatoms. The molecule has 0 saturated carbocycles. The number of amides is 1. The van der Waals surface area contributed by atoms with Gasteiger partial charge in [-0.05, 0) is 23.8 Å². The highest BCUT2D eigenvalue weighted by molar-refractivity contribution is 5.75. The molecule has 0 atom stereocenters. The minimum absolute atomic E-state index is 0.0761. The zero-order chi connectivity index (χ0) is 16.9. The molecule has 0 radical (unpaired) electrons. The number of aromatic nitrogens is 4. The quantitative estimate of drug-likeness (QED) is 0.780. The van der Waals surface area contributed by atoms with E-state index in [1.54, 1.807) is 18.2 Å². The van der Waals surface area contributed by atoms with Crippen molar-refractivity contribution in [1.29, 1.82) is 0 Å². The lowest BCUT2D eigenvalue weighted by Crippen LogP contribution is -2.28. The van der Waals surface area contributed by atoms with Crippen LogP contribution in [0.3, 0.4) is 0 Å². The second-order valence-electron chi connectivity index (χ2n) is 5.33. The lowest BCUT2D eigenvalue weighted by molar-refractivity contribution is -0.122. The molecule has 1 aromatic heterocycles. The van der Waals surface area contributed by atoms with Crippen LogP contribution in [0.4, 0.5) is 4.39 Å². The lowest BCUT2D eigenvalue weighted by Gasteiger charge is -2.05. The van der Waals surface area contributed by atoms with Crippen LogP contribution in [0.1, 0.15) is 11.1 Å². The van der Waals surface area contributed by atoms with Crippen molar-refractivity contribution in [2.45, 2.75) is 20.0 Å². The van der Waals surface area contributed by atoms with Gasteiger partial charge in [0.2, 0.25) is 11.7 Å². The highest BCUT2D eigenvalue weighted by Gasteiger charge is 2.11. The molecule has 0 fully saturated rings. The average Bonchev–Trinajstić information content (AvgIpc) is 3.03. The number of carbonyl (C=O) groups excluding carboxylic acids is 1. The van der Waals surface area contributed by atoms with Crippen LogP contribution in [0.15, 0.2) is 48.5 Å². The first-order chi connectivity index (χ1) is 11.6. The Balaban J connectivity index is 1.62. The molecule has 6 nitrogen and oxygen atoms in total. The van der Waals surface area contributed by atoms with Crippen molar-refractivity contribution in [3.63, 3.8) is 0 Å². The van der Waals surface area contributed by atoms with Gasteiger partial charge < -0.3 is 5.32 Å². The van der Waals surface area contributed by atoms with Crippen molar-refractivity contribution >= 4 is 5.91 Å². The lowest BCUT2D eigenvalue weighted by atomic mass is 10.1. The van der Waals surface area contributed by atoms with Crippen LogP contribution in [0, 0.1) is 12.7 Å². The van der Waals surface area contributed by atoms with Crippen LogP contribution in [0.25, 0.3) is 11.4 Å². The number of hydrogen-bond donors (Lipinski definition) is 1. The van der Waals surface area contributed by atoms with Crippen LogP contribution in [-0.2, 0) is 17.9 Å². The van der Waals surface area contributed by atoms with Crippen LogP contribution in [-0.4, -0.2) is 26.1 Å². The van der Waals surface area contributed by atoms with E-state index < -0.39 is 0 Å². The van der Waals surface area contributed by atoms with Crippen molar-refractivity contribution in [2.75, 3.05) is 0 Å². The first-order valence-electron chi connectivity index (χ1n) is 7.47. The van der Waals surface area contributed by atoms with Crippen molar-refractivity contribution in [3.05, 3.63) is 65.5 Å². The molecule has 1 heterocycles. The maximum absolute atomic E-state index is 13.5. The minimum Gasteiger partial charge on any atom is -0.350 e. The second-order valence-corrected chi connectivity index (χ2v) is 5.33. The summed E-state index contributed by atoms with van der Waals surface area (Å²) in [5.41, 5.74) is 2.33. The molecular formula is C17H16FN5O. The number of rotatable bonds is 5. The number of tetrazole rings is 1. The molecule has 2 aromatic carbocycles. The third-order valence-electron chi connectivity index (χ3n) is 3.56. The first-order valence-corrected chi connectivity index (χ1v) is 7.47. The van der Waals surface area contributed by atoms with Crippen LogP contribution < -0.4 is 5.32 Å². The van der Waals surface area contributed by atoms with Gasteiger partial charge >= 0.3 is 0 Å². The Morgan fingerprint density at radius 3 is 2.71 bits per heavy atom. The summed E-state index contributed by atoms with van der Waals surface area (Å²) < 4.78 is 13.5. The summed E-state index contributed by atoms with van der Waals surface area (Å²) >= 11 is 0. The number of hydrogen-bond acceptors (Lipinski definition) is 4. The Bertz CT molecular complexity index is 861. The van der Waals surface area contributed by atoms with Gasteiger partial charge in [-0.3, -0.25) is 4.79 Å². The van der Waals surface area contributed by atoms with Gasteiger partial charge in [-0.2, -0.15) is 4.80 Å². The number of aryl methyl sites for hydroxylation is 1. The molecule has 3 rings (SSSR count). The predicted molar refractivity (Wildman–Crippen MR) is 86.2 cm³/mol. The topological polar surface area (TPSA) is 72.7 Å². The van der Waals surface area contributed by atoms with E-state index in [0.29, 0.717) is 11.4 Å². The van der Waals surface area contributed by atoms with Gasteiger partial charge in [-0.25, -0.2) is 4.39 Å². The molecule has 0 bridgehead atoms. The standard InChI is InChI=1S/C17H16FN5O/c1-12-6-2-4-8-14(12)17-20-22-23(21-17)11-16(24)19-10-13-7-3-5-9-15(13)18/h2-9H,10-11H2,1H3,(H,19,24). The smallest absolute Gasteiger partial charge is 0.243 e. The summed E-state index contributed by atoms with van der Waals surface area (Å²) in [6, 6.07) is 14.0. The highest BCUT2D eigenvalue weighted by atomic mass is 19.1. The normalized spacial score (nSPS) is 10.6. The molecule has 1 N–H and O–H groups in total. The minimum atomic E-state index is -0.349. The summed E-state index contributed by atoms with van der Waals surface area (Å²) in [6.45, 7) is 2.00. The molecular weight excluding hydrogens is 309 g/mol. The number of benzene rings is 2. The predicted octanol–water partition coefficient (Wildman–Crippen LogP) is 2.10. The molecule has 0 saturated heterocycles. The third-order valence-corrected chi connectivity index (χ3v) is 3.56. The number of nitrogens with zero attached hydrogens (tertiary/aromatic N) is 4. The van der Waals surface area contributed by atoms with Crippen molar-refractivity contribution in [3.8, 4) is 11.4 Å². The van der Waals surface area contributed by atoms with E-state index in [-0.39, 0.29) is 24.8 Å². The van der Waals surface area contributed by atoms with E-state index in [2.05, 4.69) is 20.7 Å². The fourth-order valence-electron chi connectivity index (χ4n) is 2.26. The zero-order valence-corrected chi connectivity index (χ0v) is 13.1. The Labute approximate surface area is 138 Å². The van der Waals surface area contributed by atoms with E-state index >= 15 is 0 Å².